The maximum absolute atomic E-state index is 9.49. The van der Waals surface area contributed by atoms with Gasteiger partial charge in [-0.25, -0.2) is 0 Å². The molecule has 0 saturated carbocycles. The highest BCUT2D eigenvalue weighted by Crippen LogP contribution is 2.27. The Hall–Kier alpha value is -0.120. The Kier molecular flexibility index (Phi) is 4.15. The van der Waals surface area contributed by atoms with Crippen molar-refractivity contribution in [3.8, 4) is 0 Å². The van der Waals surface area contributed by atoms with Crippen molar-refractivity contribution in [3.63, 3.8) is 0 Å². The predicted octanol–water partition coefficient (Wildman–Crippen LogP) is 1.17. The van der Waals surface area contributed by atoms with E-state index in [-0.39, 0.29) is 18.2 Å². The van der Waals surface area contributed by atoms with Crippen LogP contribution in [-0.4, -0.2) is 59.3 Å². The van der Waals surface area contributed by atoms with Crippen LogP contribution in [-0.2, 0) is 0 Å². The number of piperazine rings is 1. The summed E-state index contributed by atoms with van der Waals surface area (Å²) in [5.41, 5.74) is 0.163. The quantitative estimate of drug-likeness (QED) is 0.764. The van der Waals surface area contributed by atoms with E-state index in [0.717, 1.165) is 19.5 Å². The van der Waals surface area contributed by atoms with Gasteiger partial charge in [-0.15, -0.1) is 0 Å². The minimum atomic E-state index is 0.163. The molecule has 0 aromatic rings. The zero-order valence-corrected chi connectivity index (χ0v) is 10.8. The van der Waals surface area contributed by atoms with Gasteiger partial charge >= 0.3 is 0 Å². The van der Waals surface area contributed by atoms with Crippen LogP contribution in [0.25, 0.3) is 0 Å². The zero-order valence-electron chi connectivity index (χ0n) is 10.8. The van der Waals surface area contributed by atoms with Crippen LogP contribution in [0.5, 0.6) is 0 Å². The molecule has 1 rings (SSSR count). The van der Waals surface area contributed by atoms with Crippen LogP contribution in [0.3, 0.4) is 0 Å². The van der Waals surface area contributed by atoms with Crippen molar-refractivity contribution in [2.75, 3.05) is 26.7 Å². The summed E-state index contributed by atoms with van der Waals surface area (Å²) in [7, 11) is 2.14. The lowest BCUT2D eigenvalue weighted by Gasteiger charge is -2.53. The zero-order chi connectivity index (χ0) is 11.6. The standard InChI is InChI=1S/C12H26N2O/c1-6-10(2)14-11(8-15)7-13(5)9-12(14,3)4/h10-11,15H,6-9H2,1-5H3. The van der Waals surface area contributed by atoms with Gasteiger partial charge in [-0.2, -0.15) is 0 Å². The first-order chi connectivity index (χ1) is 6.92. The van der Waals surface area contributed by atoms with Gasteiger partial charge in [0.05, 0.1) is 6.61 Å². The lowest BCUT2D eigenvalue weighted by atomic mass is 9.92. The highest BCUT2D eigenvalue weighted by atomic mass is 16.3. The second-order valence-corrected chi connectivity index (χ2v) is 5.51. The molecule has 0 spiro atoms. The SMILES string of the molecule is CCC(C)N1C(CO)CN(C)CC1(C)C. The Bertz CT molecular complexity index is 206. The molecule has 1 saturated heterocycles. The summed E-state index contributed by atoms with van der Waals surface area (Å²) in [6.07, 6.45) is 1.14. The number of likely N-dealkylation sites (N-methyl/N-ethyl adjacent to an activating group) is 1. The molecule has 15 heavy (non-hydrogen) atoms. The molecule has 0 radical (unpaired) electrons. The van der Waals surface area contributed by atoms with E-state index in [1.165, 1.54) is 0 Å². The van der Waals surface area contributed by atoms with Crippen molar-refractivity contribution >= 4 is 0 Å². The molecule has 3 heteroatoms. The van der Waals surface area contributed by atoms with Crippen LogP contribution in [0.4, 0.5) is 0 Å². The highest BCUT2D eigenvalue weighted by Gasteiger charge is 2.40. The van der Waals surface area contributed by atoms with Gasteiger partial charge in [0.15, 0.2) is 0 Å². The Balaban J connectivity index is 2.85. The summed E-state index contributed by atoms with van der Waals surface area (Å²) in [4.78, 5) is 4.81. The fourth-order valence-corrected chi connectivity index (χ4v) is 3.05. The van der Waals surface area contributed by atoms with Crippen molar-refractivity contribution in [2.45, 2.75) is 51.7 Å². The van der Waals surface area contributed by atoms with Gasteiger partial charge in [-0.1, -0.05) is 6.92 Å². The van der Waals surface area contributed by atoms with E-state index >= 15 is 0 Å². The molecule has 1 heterocycles. The number of aliphatic hydroxyl groups excluding tert-OH is 1. The average Bonchev–Trinajstić information content (AvgIpc) is 2.14. The third-order valence-corrected chi connectivity index (χ3v) is 3.55. The molecule has 0 aromatic carbocycles. The van der Waals surface area contributed by atoms with E-state index in [0.29, 0.717) is 6.04 Å². The van der Waals surface area contributed by atoms with Crippen molar-refractivity contribution in [1.29, 1.82) is 0 Å². The van der Waals surface area contributed by atoms with Gasteiger partial charge in [0.25, 0.3) is 0 Å². The first-order valence-corrected chi connectivity index (χ1v) is 6.00. The lowest BCUT2D eigenvalue weighted by Crippen LogP contribution is -2.66. The maximum Gasteiger partial charge on any atom is 0.0599 e. The van der Waals surface area contributed by atoms with Crippen LogP contribution < -0.4 is 0 Å². The van der Waals surface area contributed by atoms with E-state index in [2.05, 4.69) is 44.5 Å². The molecule has 0 amide bonds. The monoisotopic (exact) mass is 214 g/mol. The summed E-state index contributed by atoms with van der Waals surface area (Å²) in [6, 6.07) is 0.833. The first-order valence-electron chi connectivity index (χ1n) is 6.00. The molecule has 2 atom stereocenters. The minimum absolute atomic E-state index is 0.163. The van der Waals surface area contributed by atoms with Crippen molar-refractivity contribution < 1.29 is 5.11 Å². The summed E-state index contributed by atoms with van der Waals surface area (Å²) in [5, 5.41) is 9.49. The second-order valence-electron chi connectivity index (χ2n) is 5.51. The van der Waals surface area contributed by atoms with Gasteiger partial charge in [-0.3, -0.25) is 4.90 Å². The number of hydrogen-bond donors (Lipinski definition) is 1. The molecule has 0 bridgehead atoms. The molecule has 1 aliphatic heterocycles. The van der Waals surface area contributed by atoms with Gasteiger partial charge in [0.2, 0.25) is 0 Å². The molecule has 3 nitrogen and oxygen atoms in total. The van der Waals surface area contributed by atoms with E-state index in [1.54, 1.807) is 0 Å². The van der Waals surface area contributed by atoms with Crippen molar-refractivity contribution in [1.82, 2.24) is 9.80 Å². The third-order valence-electron chi connectivity index (χ3n) is 3.55. The van der Waals surface area contributed by atoms with Gasteiger partial charge in [-0.05, 0) is 34.2 Å². The van der Waals surface area contributed by atoms with E-state index < -0.39 is 0 Å². The van der Waals surface area contributed by atoms with Crippen LogP contribution in [0, 0.1) is 0 Å². The predicted molar refractivity (Wildman–Crippen MR) is 64.0 cm³/mol. The first kappa shape index (κ1) is 12.9. The highest BCUT2D eigenvalue weighted by molar-refractivity contribution is 4.96. The lowest BCUT2D eigenvalue weighted by molar-refractivity contribution is -0.0601. The van der Waals surface area contributed by atoms with Crippen molar-refractivity contribution in [3.05, 3.63) is 0 Å². The Morgan fingerprint density at radius 3 is 2.53 bits per heavy atom. The van der Waals surface area contributed by atoms with Crippen LogP contribution in [0.15, 0.2) is 0 Å². The molecule has 1 aliphatic rings. The molecule has 0 aromatic heterocycles. The van der Waals surface area contributed by atoms with Crippen molar-refractivity contribution in [2.24, 2.45) is 0 Å². The smallest absolute Gasteiger partial charge is 0.0599 e. The maximum atomic E-state index is 9.49. The average molecular weight is 214 g/mol. The van der Waals surface area contributed by atoms with Gasteiger partial charge in [0, 0.05) is 30.7 Å². The summed E-state index contributed by atoms with van der Waals surface area (Å²) >= 11 is 0. The molecule has 0 aliphatic carbocycles. The van der Waals surface area contributed by atoms with Crippen LogP contribution >= 0.6 is 0 Å². The fourth-order valence-electron chi connectivity index (χ4n) is 3.05. The number of rotatable bonds is 3. The summed E-state index contributed by atoms with van der Waals surface area (Å²) in [6.45, 7) is 11.3. The number of aliphatic hydroxyl groups is 1. The second kappa shape index (κ2) is 4.81. The normalized spacial score (nSPS) is 30.4. The van der Waals surface area contributed by atoms with E-state index in [9.17, 15) is 5.11 Å². The van der Waals surface area contributed by atoms with Crippen LogP contribution in [0.2, 0.25) is 0 Å². The summed E-state index contributed by atoms with van der Waals surface area (Å²) in [5.74, 6) is 0. The third kappa shape index (κ3) is 2.71. The van der Waals surface area contributed by atoms with Gasteiger partial charge < -0.3 is 10.0 Å². The Morgan fingerprint density at radius 1 is 1.47 bits per heavy atom. The Morgan fingerprint density at radius 2 is 2.07 bits per heavy atom. The molecule has 90 valence electrons. The number of nitrogens with zero attached hydrogens (tertiary/aromatic N) is 2. The molecular weight excluding hydrogens is 188 g/mol. The van der Waals surface area contributed by atoms with E-state index in [1.807, 2.05) is 0 Å². The topological polar surface area (TPSA) is 26.7 Å². The molecular formula is C12H26N2O. The van der Waals surface area contributed by atoms with E-state index in [4.69, 9.17) is 0 Å². The van der Waals surface area contributed by atoms with Gasteiger partial charge in [0.1, 0.15) is 0 Å². The minimum Gasteiger partial charge on any atom is -0.395 e. The number of hydrogen-bond acceptors (Lipinski definition) is 3. The Labute approximate surface area is 94.1 Å². The molecule has 1 N–H and O–H groups in total. The summed E-state index contributed by atoms with van der Waals surface area (Å²) < 4.78 is 0. The molecule has 2 unspecified atom stereocenters. The fraction of sp³-hybridized carbons (Fsp3) is 1.00. The van der Waals surface area contributed by atoms with Crippen LogP contribution in [0.1, 0.15) is 34.1 Å². The largest absolute Gasteiger partial charge is 0.395 e. The molecule has 1 fully saturated rings.